The Bertz CT molecular complexity index is 706. The Balaban J connectivity index is 1.84. The SMILES string of the molecule is Cc1c(N)ccc2nc(COc3ccccc3)nn12. The molecule has 3 rings (SSSR count). The molecule has 0 fully saturated rings. The lowest BCUT2D eigenvalue weighted by Crippen LogP contribution is -2.00. The van der Waals surface area contributed by atoms with Gasteiger partial charge in [-0.1, -0.05) is 18.2 Å². The number of hydrogen-bond acceptors (Lipinski definition) is 4. The molecular formula is C14H14N4O. The van der Waals surface area contributed by atoms with E-state index in [9.17, 15) is 0 Å². The van der Waals surface area contributed by atoms with E-state index in [1.54, 1.807) is 4.52 Å². The highest BCUT2D eigenvalue weighted by molar-refractivity contribution is 5.51. The topological polar surface area (TPSA) is 65.4 Å². The van der Waals surface area contributed by atoms with E-state index in [1.807, 2.05) is 49.4 Å². The minimum absolute atomic E-state index is 0.338. The van der Waals surface area contributed by atoms with E-state index in [1.165, 1.54) is 0 Å². The van der Waals surface area contributed by atoms with Crippen LogP contribution >= 0.6 is 0 Å². The third kappa shape index (κ3) is 2.22. The van der Waals surface area contributed by atoms with Gasteiger partial charge in [-0.05, 0) is 31.2 Å². The number of nitrogens with two attached hydrogens (primary N) is 1. The van der Waals surface area contributed by atoms with Crippen molar-refractivity contribution in [2.45, 2.75) is 13.5 Å². The Kier molecular flexibility index (Phi) is 2.79. The van der Waals surface area contributed by atoms with E-state index in [0.717, 1.165) is 17.1 Å². The highest BCUT2D eigenvalue weighted by Crippen LogP contribution is 2.14. The van der Waals surface area contributed by atoms with Gasteiger partial charge >= 0.3 is 0 Å². The number of ether oxygens (including phenoxy) is 1. The second-order valence-electron chi connectivity index (χ2n) is 4.27. The lowest BCUT2D eigenvalue weighted by molar-refractivity contribution is 0.296. The molecule has 0 saturated carbocycles. The molecule has 0 atom stereocenters. The Hall–Kier alpha value is -2.56. The Morgan fingerprint density at radius 3 is 2.74 bits per heavy atom. The van der Waals surface area contributed by atoms with Crippen molar-refractivity contribution in [3.8, 4) is 5.75 Å². The Morgan fingerprint density at radius 2 is 1.95 bits per heavy atom. The van der Waals surface area contributed by atoms with Gasteiger partial charge in [-0.25, -0.2) is 9.50 Å². The highest BCUT2D eigenvalue weighted by Gasteiger charge is 2.07. The van der Waals surface area contributed by atoms with Gasteiger partial charge < -0.3 is 10.5 Å². The number of hydrogen-bond donors (Lipinski definition) is 1. The first-order chi connectivity index (χ1) is 9.24. The molecule has 0 radical (unpaired) electrons. The summed E-state index contributed by atoms with van der Waals surface area (Å²) in [5, 5.41) is 4.39. The number of rotatable bonds is 3. The number of nitrogen functional groups attached to an aromatic ring is 1. The van der Waals surface area contributed by atoms with Gasteiger partial charge in [0.2, 0.25) is 0 Å². The maximum absolute atomic E-state index is 5.84. The molecule has 0 unspecified atom stereocenters. The molecule has 0 aliphatic rings. The largest absolute Gasteiger partial charge is 0.486 e. The van der Waals surface area contributed by atoms with E-state index < -0.39 is 0 Å². The van der Waals surface area contributed by atoms with Crippen LogP contribution in [0, 0.1) is 6.92 Å². The molecule has 3 aromatic rings. The lowest BCUT2D eigenvalue weighted by Gasteiger charge is -2.02. The van der Waals surface area contributed by atoms with Crippen LogP contribution in [0.15, 0.2) is 42.5 Å². The molecule has 5 heteroatoms. The molecule has 19 heavy (non-hydrogen) atoms. The van der Waals surface area contributed by atoms with Crippen LogP contribution in [-0.4, -0.2) is 14.6 Å². The van der Waals surface area contributed by atoms with Crippen LogP contribution in [0.5, 0.6) is 5.75 Å². The van der Waals surface area contributed by atoms with Crippen LogP contribution in [0.2, 0.25) is 0 Å². The zero-order valence-corrected chi connectivity index (χ0v) is 10.6. The number of para-hydroxylation sites is 1. The summed E-state index contributed by atoms with van der Waals surface area (Å²) >= 11 is 0. The predicted octanol–water partition coefficient (Wildman–Crippen LogP) is 2.20. The van der Waals surface area contributed by atoms with Gasteiger partial charge in [-0.2, -0.15) is 0 Å². The van der Waals surface area contributed by atoms with Gasteiger partial charge in [-0.3, -0.25) is 0 Å². The minimum atomic E-state index is 0.338. The van der Waals surface area contributed by atoms with Crippen LogP contribution in [0.4, 0.5) is 5.69 Å². The monoisotopic (exact) mass is 254 g/mol. The van der Waals surface area contributed by atoms with Crippen LogP contribution in [-0.2, 0) is 6.61 Å². The molecule has 0 amide bonds. The third-order valence-electron chi connectivity index (χ3n) is 2.93. The number of nitrogens with zero attached hydrogens (tertiary/aromatic N) is 3. The fourth-order valence-electron chi connectivity index (χ4n) is 1.86. The van der Waals surface area contributed by atoms with Gasteiger partial charge in [0.15, 0.2) is 11.5 Å². The van der Waals surface area contributed by atoms with Crippen molar-refractivity contribution in [2.24, 2.45) is 0 Å². The van der Waals surface area contributed by atoms with E-state index in [0.29, 0.717) is 18.1 Å². The van der Waals surface area contributed by atoms with Crippen molar-refractivity contribution in [2.75, 3.05) is 5.73 Å². The zero-order chi connectivity index (χ0) is 13.2. The van der Waals surface area contributed by atoms with Gasteiger partial charge in [-0.15, -0.1) is 5.10 Å². The smallest absolute Gasteiger partial charge is 0.189 e. The summed E-state index contributed by atoms with van der Waals surface area (Å²) in [7, 11) is 0. The summed E-state index contributed by atoms with van der Waals surface area (Å²) < 4.78 is 7.36. The number of aromatic nitrogens is 3. The molecule has 2 heterocycles. The average molecular weight is 254 g/mol. The van der Waals surface area contributed by atoms with Crippen LogP contribution in [0.1, 0.15) is 11.5 Å². The summed E-state index contributed by atoms with van der Waals surface area (Å²) in [4.78, 5) is 4.40. The van der Waals surface area contributed by atoms with Gasteiger partial charge in [0, 0.05) is 0 Å². The van der Waals surface area contributed by atoms with Gasteiger partial charge in [0.25, 0.3) is 0 Å². The summed E-state index contributed by atoms with van der Waals surface area (Å²) in [6, 6.07) is 13.3. The van der Waals surface area contributed by atoms with E-state index >= 15 is 0 Å². The van der Waals surface area contributed by atoms with Crippen LogP contribution in [0.25, 0.3) is 5.65 Å². The van der Waals surface area contributed by atoms with Crippen molar-refractivity contribution in [3.63, 3.8) is 0 Å². The zero-order valence-electron chi connectivity index (χ0n) is 10.6. The molecule has 96 valence electrons. The van der Waals surface area contributed by atoms with Crippen molar-refractivity contribution in [3.05, 3.63) is 54.0 Å². The molecule has 0 saturated heterocycles. The summed E-state index contributed by atoms with van der Waals surface area (Å²) in [6.45, 7) is 2.25. The molecule has 0 bridgehead atoms. The third-order valence-corrected chi connectivity index (χ3v) is 2.93. The maximum Gasteiger partial charge on any atom is 0.189 e. The molecule has 0 spiro atoms. The van der Waals surface area contributed by atoms with Crippen molar-refractivity contribution < 1.29 is 4.74 Å². The van der Waals surface area contributed by atoms with E-state index in [2.05, 4.69) is 10.1 Å². The molecule has 0 aliphatic carbocycles. The van der Waals surface area contributed by atoms with E-state index in [4.69, 9.17) is 10.5 Å². The fourth-order valence-corrected chi connectivity index (χ4v) is 1.86. The molecule has 2 N–H and O–H groups in total. The average Bonchev–Trinajstić information content (AvgIpc) is 2.86. The predicted molar refractivity (Wildman–Crippen MR) is 72.9 cm³/mol. The number of pyridine rings is 1. The summed E-state index contributed by atoms with van der Waals surface area (Å²) in [5.74, 6) is 1.44. The lowest BCUT2D eigenvalue weighted by atomic mass is 10.3. The Labute approximate surface area is 110 Å². The second-order valence-corrected chi connectivity index (χ2v) is 4.27. The quantitative estimate of drug-likeness (QED) is 0.778. The van der Waals surface area contributed by atoms with Crippen LogP contribution in [0.3, 0.4) is 0 Å². The summed E-state index contributed by atoms with van der Waals surface area (Å²) in [6.07, 6.45) is 0. The Morgan fingerprint density at radius 1 is 1.16 bits per heavy atom. The number of anilines is 1. The molecular weight excluding hydrogens is 240 g/mol. The standard InChI is InChI=1S/C14H14N4O/c1-10-12(15)7-8-14-16-13(17-18(10)14)9-19-11-5-3-2-4-6-11/h2-8H,9,15H2,1H3. The first-order valence-electron chi connectivity index (χ1n) is 6.02. The molecule has 5 nitrogen and oxygen atoms in total. The van der Waals surface area contributed by atoms with E-state index in [-0.39, 0.29) is 0 Å². The molecule has 1 aromatic carbocycles. The maximum atomic E-state index is 5.84. The normalized spacial score (nSPS) is 10.8. The van der Waals surface area contributed by atoms with Crippen molar-refractivity contribution in [1.82, 2.24) is 14.6 Å². The van der Waals surface area contributed by atoms with Crippen molar-refractivity contribution >= 4 is 11.3 Å². The first kappa shape index (κ1) is 11.5. The number of benzene rings is 1. The highest BCUT2D eigenvalue weighted by atomic mass is 16.5. The number of aryl methyl sites for hydroxylation is 1. The van der Waals surface area contributed by atoms with Crippen LogP contribution < -0.4 is 10.5 Å². The minimum Gasteiger partial charge on any atom is -0.486 e. The van der Waals surface area contributed by atoms with Gasteiger partial charge in [0.1, 0.15) is 12.4 Å². The number of fused-ring (bicyclic) bond motifs is 1. The molecule has 0 aliphatic heterocycles. The van der Waals surface area contributed by atoms with Gasteiger partial charge in [0.05, 0.1) is 11.4 Å². The second kappa shape index (κ2) is 4.61. The molecule has 2 aromatic heterocycles. The summed E-state index contributed by atoms with van der Waals surface area (Å²) in [5.41, 5.74) is 8.20. The first-order valence-corrected chi connectivity index (χ1v) is 6.02. The van der Waals surface area contributed by atoms with Crippen molar-refractivity contribution in [1.29, 1.82) is 0 Å². The fraction of sp³-hybridized carbons (Fsp3) is 0.143.